The number of benzene rings is 2. The van der Waals surface area contributed by atoms with Crippen LogP contribution in [0.3, 0.4) is 0 Å². The molecule has 0 saturated heterocycles. The Morgan fingerprint density at radius 2 is 1.79 bits per heavy atom. The first-order chi connectivity index (χ1) is 13.7. The molecule has 0 N–H and O–H groups in total. The lowest BCUT2D eigenvalue weighted by Crippen LogP contribution is -2.37. The topological polar surface area (TPSA) is 91.8 Å². The molecule has 3 aromatic rings. The van der Waals surface area contributed by atoms with Crippen molar-refractivity contribution in [3.05, 3.63) is 80.2 Å². The molecule has 150 valence electrons. The summed E-state index contributed by atoms with van der Waals surface area (Å²) in [6.45, 7) is 5.72. The third-order valence-electron chi connectivity index (χ3n) is 4.82. The van der Waals surface area contributed by atoms with Gasteiger partial charge in [-0.15, -0.1) is 0 Å². The monoisotopic (exact) mass is 395 g/mol. The minimum atomic E-state index is -0.669. The Kier molecular flexibility index (Phi) is 4.62. The maximum atomic E-state index is 12.9. The van der Waals surface area contributed by atoms with Crippen molar-refractivity contribution in [1.82, 2.24) is 0 Å². The summed E-state index contributed by atoms with van der Waals surface area (Å²) >= 11 is 0. The van der Waals surface area contributed by atoms with E-state index in [0.717, 1.165) is 0 Å². The van der Waals surface area contributed by atoms with Gasteiger partial charge in [0.1, 0.15) is 11.3 Å². The second-order valence-corrected chi connectivity index (χ2v) is 8.01. The van der Waals surface area contributed by atoms with Gasteiger partial charge < -0.3 is 13.9 Å². The number of fused-ring (bicyclic) bond motifs is 3. The molecular weight excluding hydrogens is 374 g/mol. The molecule has 7 heteroatoms. The first-order valence-corrected chi connectivity index (χ1v) is 9.38. The first-order valence-electron chi connectivity index (χ1n) is 9.38. The minimum Gasteiger partial charge on any atom is -0.464 e. The second kappa shape index (κ2) is 7.00. The Morgan fingerprint density at radius 1 is 1.10 bits per heavy atom. The fraction of sp³-hybridized carbons (Fsp3) is 0.318. The largest absolute Gasteiger partial charge is 0.464 e. The van der Waals surface area contributed by atoms with Crippen LogP contribution in [-0.4, -0.2) is 16.8 Å². The Morgan fingerprint density at radius 3 is 2.52 bits per heavy atom. The van der Waals surface area contributed by atoms with Gasteiger partial charge in [0.15, 0.2) is 0 Å². The Bertz CT molecular complexity index is 1140. The van der Waals surface area contributed by atoms with E-state index < -0.39 is 28.4 Å². The molecule has 1 aliphatic heterocycles. The Labute approximate surface area is 167 Å². The van der Waals surface area contributed by atoms with Crippen LogP contribution in [0.5, 0.6) is 5.75 Å². The van der Waals surface area contributed by atoms with Gasteiger partial charge in [-0.05, 0) is 32.9 Å². The number of rotatable bonds is 3. The van der Waals surface area contributed by atoms with Crippen LogP contribution in [0.25, 0.3) is 11.0 Å². The van der Waals surface area contributed by atoms with Crippen LogP contribution in [0.15, 0.2) is 57.7 Å². The van der Waals surface area contributed by atoms with Gasteiger partial charge in [0.2, 0.25) is 6.29 Å². The average Bonchev–Trinajstić information content (AvgIpc) is 2.66. The molecule has 7 nitrogen and oxygen atoms in total. The van der Waals surface area contributed by atoms with Crippen molar-refractivity contribution in [2.75, 3.05) is 0 Å². The van der Waals surface area contributed by atoms with Crippen molar-refractivity contribution in [2.24, 2.45) is 0 Å². The van der Waals surface area contributed by atoms with Gasteiger partial charge in [-0.1, -0.05) is 30.3 Å². The third kappa shape index (κ3) is 3.61. The molecule has 1 aromatic heterocycles. The highest BCUT2D eigenvalue weighted by atomic mass is 16.7. The van der Waals surface area contributed by atoms with Crippen LogP contribution in [0.4, 0.5) is 5.69 Å². The number of nitrogens with zero attached hydrogens (tertiary/aromatic N) is 1. The fourth-order valence-electron chi connectivity index (χ4n) is 3.75. The Hall–Kier alpha value is -3.19. The molecule has 0 radical (unpaired) electrons. The zero-order valence-electron chi connectivity index (χ0n) is 16.4. The van der Waals surface area contributed by atoms with Crippen LogP contribution in [-0.2, 0) is 4.74 Å². The summed E-state index contributed by atoms with van der Waals surface area (Å²) in [5.74, 6) is -0.228. The van der Waals surface area contributed by atoms with E-state index in [1.54, 1.807) is 36.4 Å². The molecule has 0 spiro atoms. The van der Waals surface area contributed by atoms with Crippen LogP contribution in [0.2, 0.25) is 0 Å². The number of ether oxygens (including phenoxy) is 2. The first kappa shape index (κ1) is 19.1. The molecule has 1 aliphatic rings. The van der Waals surface area contributed by atoms with Crippen LogP contribution in [0, 0.1) is 10.1 Å². The number of nitro groups is 1. The highest BCUT2D eigenvalue weighted by Crippen LogP contribution is 2.45. The number of para-hydroxylation sites is 2. The molecule has 2 atom stereocenters. The average molecular weight is 395 g/mol. The zero-order chi connectivity index (χ0) is 20.8. The summed E-state index contributed by atoms with van der Waals surface area (Å²) in [5.41, 5.74) is 0.0151. The summed E-state index contributed by atoms with van der Waals surface area (Å²) in [6, 6.07) is 13.5. The van der Waals surface area contributed by atoms with Gasteiger partial charge >= 0.3 is 5.63 Å². The highest BCUT2D eigenvalue weighted by Gasteiger charge is 2.39. The molecule has 2 heterocycles. The molecule has 4 rings (SSSR count). The standard InChI is InChI=1S/C22H21NO6/c1-22(2,3)29-18-12-15(13-8-4-6-10-16(13)23(25)26)19-20(28-18)14-9-5-7-11-17(14)27-21(19)24/h4-11,15,18H,12H2,1-3H3/t15-,18-/m0/s1. The van der Waals surface area contributed by atoms with E-state index in [1.807, 2.05) is 26.8 Å². The number of hydrogen-bond donors (Lipinski definition) is 0. The van der Waals surface area contributed by atoms with E-state index in [4.69, 9.17) is 13.9 Å². The third-order valence-corrected chi connectivity index (χ3v) is 4.82. The van der Waals surface area contributed by atoms with Gasteiger partial charge in [0, 0.05) is 24.0 Å². The van der Waals surface area contributed by atoms with E-state index in [9.17, 15) is 14.9 Å². The molecule has 0 aliphatic carbocycles. The van der Waals surface area contributed by atoms with Gasteiger partial charge in [0.05, 0.1) is 21.5 Å². The summed E-state index contributed by atoms with van der Waals surface area (Å²) in [5, 5.41) is 12.3. The van der Waals surface area contributed by atoms with Gasteiger partial charge in [-0.25, -0.2) is 4.79 Å². The van der Waals surface area contributed by atoms with Crippen LogP contribution >= 0.6 is 0 Å². The SMILES string of the molecule is CC(C)(C)O[C@H]1C[C@@H](c2ccccc2[N+](=O)[O-])c2c(c3ccccc3oc2=O)O1. The van der Waals surface area contributed by atoms with Gasteiger partial charge in [0.25, 0.3) is 5.69 Å². The predicted molar refractivity (Wildman–Crippen MR) is 107 cm³/mol. The van der Waals surface area contributed by atoms with Crippen LogP contribution in [0.1, 0.15) is 44.2 Å². The molecule has 0 fully saturated rings. The lowest BCUT2D eigenvalue weighted by molar-refractivity contribution is -0.385. The molecule has 2 aromatic carbocycles. The normalized spacial score (nSPS) is 18.9. The van der Waals surface area contributed by atoms with Crippen molar-refractivity contribution in [2.45, 2.75) is 45.0 Å². The maximum Gasteiger partial charge on any atom is 0.343 e. The van der Waals surface area contributed by atoms with Crippen molar-refractivity contribution < 1.29 is 18.8 Å². The molecule has 0 amide bonds. The minimum absolute atomic E-state index is 0.0487. The molecular formula is C22H21NO6. The van der Waals surface area contributed by atoms with Gasteiger partial charge in [-0.2, -0.15) is 0 Å². The van der Waals surface area contributed by atoms with E-state index in [1.165, 1.54) is 6.07 Å². The van der Waals surface area contributed by atoms with Crippen molar-refractivity contribution >= 4 is 16.7 Å². The number of hydrogen-bond acceptors (Lipinski definition) is 6. The van der Waals surface area contributed by atoms with E-state index in [-0.39, 0.29) is 17.7 Å². The molecule has 0 saturated carbocycles. The maximum absolute atomic E-state index is 12.9. The van der Waals surface area contributed by atoms with Crippen molar-refractivity contribution in [3.63, 3.8) is 0 Å². The highest BCUT2D eigenvalue weighted by molar-refractivity contribution is 5.85. The number of nitro benzene ring substituents is 1. The zero-order valence-corrected chi connectivity index (χ0v) is 16.4. The summed E-state index contributed by atoms with van der Waals surface area (Å²) in [4.78, 5) is 24.1. The van der Waals surface area contributed by atoms with E-state index in [2.05, 4.69) is 0 Å². The molecule has 0 unspecified atom stereocenters. The summed E-state index contributed by atoms with van der Waals surface area (Å²) in [6.07, 6.45) is -0.407. The van der Waals surface area contributed by atoms with Crippen molar-refractivity contribution in [1.29, 1.82) is 0 Å². The lowest BCUT2D eigenvalue weighted by atomic mass is 9.85. The molecule has 0 bridgehead atoms. The quantitative estimate of drug-likeness (QED) is 0.361. The predicted octanol–water partition coefficient (Wildman–Crippen LogP) is 4.76. The van der Waals surface area contributed by atoms with Crippen LogP contribution < -0.4 is 10.4 Å². The summed E-state index contributed by atoms with van der Waals surface area (Å²) < 4.78 is 17.7. The van der Waals surface area contributed by atoms with Gasteiger partial charge in [-0.3, -0.25) is 10.1 Å². The lowest BCUT2D eigenvalue weighted by Gasteiger charge is -2.35. The van der Waals surface area contributed by atoms with Crippen molar-refractivity contribution in [3.8, 4) is 5.75 Å². The summed E-state index contributed by atoms with van der Waals surface area (Å²) in [7, 11) is 0. The Balaban J connectivity index is 1.96. The van der Waals surface area contributed by atoms with E-state index >= 15 is 0 Å². The fourth-order valence-corrected chi connectivity index (χ4v) is 3.75. The second-order valence-electron chi connectivity index (χ2n) is 8.01. The smallest absolute Gasteiger partial charge is 0.343 e. The molecule has 29 heavy (non-hydrogen) atoms. The van der Waals surface area contributed by atoms with E-state index in [0.29, 0.717) is 22.3 Å².